The van der Waals surface area contributed by atoms with Crippen LogP contribution in [0.25, 0.3) is 0 Å². The third kappa shape index (κ3) is 5.19. The van der Waals surface area contributed by atoms with Gasteiger partial charge < -0.3 is 20.3 Å². The first-order valence-electron chi connectivity index (χ1n) is 9.19. The zero-order valence-corrected chi connectivity index (χ0v) is 14.6. The molecule has 25 heavy (non-hydrogen) atoms. The van der Waals surface area contributed by atoms with E-state index in [4.69, 9.17) is 4.74 Å². The van der Waals surface area contributed by atoms with E-state index in [9.17, 15) is 9.59 Å². The predicted octanol–water partition coefficient (Wildman–Crippen LogP) is 1.17. The highest BCUT2D eigenvalue weighted by Gasteiger charge is 2.29. The van der Waals surface area contributed by atoms with Gasteiger partial charge in [0.05, 0.1) is 5.92 Å². The Labute approximate surface area is 148 Å². The number of piperidine rings is 2. The number of rotatable bonds is 5. The van der Waals surface area contributed by atoms with Crippen molar-refractivity contribution < 1.29 is 14.3 Å². The summed E-state index contributed by atoms with van der Waals surface area (Å²) in [6, 6.07) is 9.54. The summed E-state index contributed by atoms with van der Waals surface area (Å²) in [5, 5.41) is 6.44. The van der Waals surface area contributed by atoms with Crippen molar-refractivity contribution in [2.24, 2.45) is 5.92 Å². The van der Waals surface area contributed by atoms with Crippen LogP contribution in [0.4, 0.5) is 0 Å². The molecule has 0 aromatic heterocycles. The molecule has 2 fully saturated rings. The molecule has 2 aliphatic heterocycles. The summed E-state index contributed by atoms with van der Waals surface area (Å²) in [7, 11) is 0. The molecule has 0 bridgehead atoms. The lowest BCUT2D eigenvalue weighted by atomic mass is 9.96. The maximum atomic E-state index is 12.5. The van der Waals surface area contributed by atoms with Crippen molar-refractivity contribution in [3.63, 3.8) is 0 Å². The lowest BCUT2D eigenvalue weighted by Crippen LogP contribution is -2.51. The number of hydrogen-bond donors (Lipinski definition) is 2. The first kappa shape index (κ1) is 17.7. The molecule has 0 aliphatic carbocycles. The van der Waals surface area contributed by atoms with Crippen LogP contribution in [0.15, 0.2) is 30.3 Å². The number of likely N-dealkylation sites (tertiary alicyclic amines) is 1. The van der Waals surface area contributed by atoms with Gasteiger partial charge in [0.25, 0.3) is 5.91 Å². The maximum absolute atomic E-state index is 12.5. The van der Waals surface area contributed by atoms with Crippen molar-refractivity contribution >= 4 is 11.8 Å². The van der Waals surface area contributed by atoms with Crippen LogP contribution in [0.1, 0.15) is 25.7 Å². The Morgan fingerprint density at radius 3 is 2.80 bits per heavy atom. The maximum Gasteiger partial charge on any atom is 0.260 e. The number of carbonyl (C=O) groups is 2. The minimum Gasteiger partial charge on any atom is -0.484 e. The molecule has 1 aromatic rings. The van der Waals surface area contributed by atoms with Gasteiger partial charge >= 0.3 is 0 Å². The molecule has 136 valence electrons. The second-order valence-electron chi connectivity index (χ2n) is 6.83. The van der Waals surface area contributed by atoms with Crippen molar-refractivity contribution in [3.05, 3.63) is 30.3 Å². The number of nitrogens with zero attached hydrogens (tertiary/aromatic N) is 1. The summed E-state index contributed by atoms with van der Waals surface area (Å²) in [6.07, 6.45) is 3.82. The van der Waals surface area contributed by atoms with Crippen LogP contribution in [-0.2, 0) is 9.59 Å². The summed E-state index contributed by atoms with van der Waals surface area (Å²) in [5.74, 6) is 0.596. The molecule has 2 atom stereocenters. The summed E-state index contributed by atoms with van der Waals surface area (Å²) in [6.45, 7) is 3.07. The Kier molecular flexibility index (Phi) is 6.28. The van der Waals surface area contributed by atoms with Gasteiger partial charge in [0.1, 0.15) is 5.75 Å². The third-order valence-corrected chi connectivity index (χ3v) is 4.89. The van der Waals surface area contributed by atoms with Crippen molar-refractivity contribution in [2.75, 3.05) is 32.8 Å². The van der Waals surface area contributed by atoms with Gasteiger partial charge in [-0.2, -0.15) is 0 Å². The van der Waals surface area contributed by atoms with Crippen LogP contribution in [0, 0.1) is 5.92 Å². The van der Waals surface area contributed by atoms with Crippen LogP contribution >= 0.6 is 0 Å². The molecule has 2 N–H and O–H groups in total. The number of benzene rings is 1. The summed E-state index contributed by atoms with van der Waals surface area (Å²) < 4.78 is 5.54. The molecule has 2 heterocycles. The van der Waals surface area contributed by atoms with E-state index in [0.29, 0.717) is 18.8 Å². The standard InChI is InChI=1S/C19H27N3O3/c23-18(14-25-17-8-2-1-3-9-17)22-11-5-6-15(13-22)19(24)21-16-7-4-10-20-12-16/h1-3,8-9,15-16,20H,4-7,10-14H2,(H,21,24)/t15?,16-/m0/s1. The van der Waals surface area contributed by atoms with E-state index in [0.717, 1.165) is 38.8 Å². The minimum absolute atomic E-state index is 0.0187. The van der Waals surface area contributed by atoms with Gasteiger partial charge in [0.15, 0.2) is 6.61 Å². The fourth-order valence-corrected chi connectivity index (χ4v) is 3.46. The number of ether oxygens (including phenoxy) is 1. The number of para-hydroxylation sites is 1. The van der Waals surface area contributed by atoms with E-state index in [1.807, 2.05) is 30.3 Å². The molecule has 0 spiro atoms. The second-order valence-corrected chi connectivity index (χ2v) is 6.83. The van der Waals surface area contributed by atoms with E-state index in [2.05, 4.69) is 10.6 Å². The van der Waals surface area contributed by atoms with Gasteiger partial charge in [-0.1, -0.05) is 18.2 Å². The number of hydrogen-bond acceptors (Lipinski definition) is 4. The van der Waals surface area contributed by atoms with Crippen molar-refractivity contribution in [2.45, 2.75) is 31.7 Å². The van der Waals surface area contributed by atoms with Gasteiger partial charge in [-0.25, -0.2) is 0 Å². The van der Waals surface area contributed by atoms with Crippen LogP contribution < -0.4 is 15.4 Å². The van der Waals surface area contributed by atoms with E-state index < -0.39 is 0 Å². The molecule has 2 amide bonds. The van der Waals surface area contributed by atoms with E-state index in [-0.39, 0.29) is 30.4 Å². The molecule has 0 saturated carbocycles. The van der Waals surface area contributed by atoms with E-state index >= 15 is 0 Å². The van der Waals surface area contributed by atoms with Crippen LogP contribution in [0.5, 0.6) is 5.75 Å². The van der Waals surface area contributed by atoms with Crippen molar-refractivity contribution in [1.29, 1.82) is 0 Å². The highest BCUT2D eigenvalue weighted by Crippen LogP contribution is 2.18. The highest BCUT2D eigenvalue weighted by atomic mass is 16.5. The molecule has 6 heteroatoms. The van der Waals surface area contributed by atoms with Gasteiger partial charge in [-0.05, 0) is 44.4 Å². The number of amides is 2. The summed E-state index contributed by atoms with van der Waals surface area (Å²) in [5.41, 5.74) is 0. The van der Waals surface area contributed by atoms with Crippen LogP contribution in [-0.4, -0.2) is 55.5 Å². The number of nitrogens with one attached hydrogen (secondary N) is 2. The molecule has 0 radical (unpaired) electrons. The Morgan fingerprint density at radius 2 is 2.04 bits per heavy atom. The molecule has 2 aliphatic rings. The second kappa shape index (κ2) is 8.85. The first-order valence-corrected chi connectivity index (χ1v) is 9.19. The summed E-state index contributed by atoms with van der Waals surface area (Å²) in [4.78, 5) is 26.7. The average molecular weight is 345 g/mol. The Morgan fingerprint density at radius 1 is 1.20 bits per heavy atom. The van der Waals surface area contributed by atoms with Gasteiger partial charge in [-0.3, -0.25) is 9.59 Å². The summed E-state index contributed by atoms with van der Waals surface area (Å²) >= 11 is 0. The minimum atomic E-state index is -0.114. The fraction of sp³-hybridized carbons (Fsp3) is 0.579. The van der Waals surface area contributed by atoms with E-state index in [1.165, 1.54) is 0 Å². The lowest BCUT2D eigenvalue weighted by Gasteiger charge is -2.33. The van der Waals surface area contributed by atoms with Gasteiger partial charge in [0, 0.05) is 25.7 Å². The molecule has 3 rings (SSSR count). The highest BCUT2D eigenvalue weighted by molar-refractivity contribution is 5.82. The monoisotopic (exact) mass is 345 g/mol. The third-order valence-electron chi connectivity index (χ3n) is 4.89. The fourth-order valence-electron chi connectivity index (χ4n) is 3.46. The molecular formula is C19H27N3O3. The first-order chi connectivity index (χ1) is 12.2. The van der Waals surface area contributed by atoms with Crippen molar-refractivity contribution in [3.8, 4) is 5.75 Å². The SMILES string of the molecule is O=C(N[C@H]1CCCNC1)C1CCCN(C(=O)COc2ccccc2)C1. The molecular weight excluding hydrogens is 318 g/mol. The topological polar surface area (TPSA) is 70.7 Å². The quantitative estimate of drug-likeness (QED) is 0.840. The normalized spacial score (nSPS) is 23.8. The Balaban J connectivity index is 1.46. The molecule has 1 unspecified atom stereocenters. The molecule has 6 nitrogen and oxygen atoms in total. The predicted molar refractivity (Wildman–Crippen MR) is 95.3 cm³/mol. The van der Waals surface area contributed by atoms with Gasteiger partial charge in [-0.15, -0.1) is 0 Å². The van der Waals surface area contributed by atoms with Crippen molar-refractivity contribution in [1.82, 2.24) is 15.5 Å². The van der Waals surface area contributed by atoms with Crippen LogP contribution in [0.3, 0.4) is 0 Å². The van der Waals surface area contributed by atoms with Gasteiger partial charge in [0.2, 0.25) is 5.91 Å². The smallest absolute Gasteiger partial charge is 0.260 e. The molecule has 2 saturated heterocycles. The van der Waals surface area contributed by atoms with E-state index in [1.54, 1.807) is 4.90 Å². The Hall–Kier alpha value is -2.08. The zero-order valence-electron chi connectivity index (χ0n) is 14.6. The number of carbonyl (C=O) groups excluding carboxylic acids is 2. The average Bonchev–Trinajstić information content (AvgIpc) is 2.68. The zero-order chi connectivity index (χ0) is 17.5. The lowest BCUT2D eigenvalue weighted by molar-refractivity contribution is -0.137. The van der Waals surface area contributed by atoms with Crippen LogP contribution in [0.2, 0.25) is 0 Å². The molecule has 1 aromatic carbocycles. The largest absolute Gasteiger partial charge is 0.484 e. The Bertz CT molecular complexity index is 573.